The average molecular weight is 412 g/mol. The van der Waals surface area contributed by atoms with Crippen molar-refractivity contribution in [3.05, 3.63) is 35.9 Å². The van der Waals surface area contributed by atoms with Gasteiger partial charge in [-0.25, -0.2) is 4.98 Å². The number of amides is 2. The van der Waals surface area contributed by atoms with Crippen molar-refractivity contribution in [1.29, 1.82) is 0 Å². The fourth-order valence-electron chi connectivity index (χ4n) is 4.03. The molecule has 0 saturated carbocycles. The largest absolute Gasteiger partial charge is 0.370 e. The van der Waals surface area contributed by atoms with Crippen molar-refractivity contribution in [1.82, 2.24) is 14.9 Å². The van der Waals surface area contributed by atoms with E-state index in [0.29, 0.717) is 0 Å². The summed E-state index contributed by atoms with van der Waals surface area (Å²) in [6.07, 6.45) is 4.86. The highest BCUT2D eigenvalue weighted by molar-refractivity contribution is 6.05. The van der Waals surface area contributed by atoms with Crippen LogP contribution < -0.4 is 20.9 Å². The lowest BCUT2D eigenvalue weighted by atomic mass is 10.1. The third kappa shape index (κ3) is 4.40. The predicted molar refractivity (Wildman–Crippen MR) is 117 cm³/mol. The van der Waals surface area contributed by atoms with Gasteiger partial charge >= 0.3 is 0 Å². The van der Waals surface area contributed by atoms with Gasteiger partial charge in [0.05, 0.1) is 17.6 Å². The number of benzene rings is 1. The minimum Gasteiger partial charge on any atom is -0.370 e. The summed E-state index contributed by atoms with van der Waals surface area (Å²) in [5, 5.41) is 2.98. The third-order valence-corrected chi connectivity index (χ3v) is 5.85. The highest BCUT2D eigenvalue weighted by Gasteiger charge is 2.21. The number of rotatable bonds is 5. The van der Waals surface area contributed by atoms with Crippen molar-refractivity contribution in [3.63, 3.8) is 0 Å². The standard InChI is InChI=1S/C21H29N7O2/c1-26-9-11-27(12-10-26)15-5-6-16(18(13-15)28-7-3-2-4-8-28)25-21(30)17-14-23-20(24-17)19(22)29/h5-6,13-14H,2-4,7-12H2,1H3,(H2,22,29)(H,23,24)(H,25,30). The molecule has 0 atom stereocenters. The summed E-state index contributed by atoms with van der Waals surface area (Å²) in [6.45, 7) is 6.02. The molecular weight excluding hydrogens is 382 g/mol. The molecule has 160 valence electrons. The van der Waals surface area contributed by atoms with Crippen LogP contribution in [0.15, 0.2) is 24.4 Å². The molecule has 0 bridgehead atoms. The second-order valence-electron chi connectivity index (χ2n) is 8.00. The number of piperazine rings is 1. The molecule has 30 heavy (non-hydrogen) atoms. The van der Waals surface area contributed by atoms with Crippen LogP contribution in [0.2, 0.25) is 0 Å². The molecule has 9 nitrogen and oxygen atoms in total. The number of hydrogen-bond acceptors (Lipinski definition) is 6. The molecule has 1 aromatic carbocycles. The second-order valence-corrected chi connectivity index (χ2v) is 8.00. The number of nitrogens with zero attached hydrogens (tertiary/aromatic N) is 4. The van der Waals surface area contributed by atoms with E-state index in [1.165, 1.54) is 18.3 Å². The highest BCUT2D eigenvalue weighted by Crippen LogP contribution is 2.33. The van der Waals surface area contributed by atoms with Crippen molar-refractivity contribution < 1.29 is 9.59 Å². The summed E-state index contributed by atoms with van der Waals surface area (Å²) in [5.41, 5.74) is 8.40. The summed E-state index contributed by atoms with van der Waals surface area (Å²) in [7, 11) is 2.15. The minimum atomic E-state index is -0.695. The van der Waals surface area contributed by atoms with Crippen LogP contribution in [0, 0.1) is 0 Å². The number of H-pyrrole nitrogens is 1. The first-order valence-corrected chi connectivity index (χ1v) is 10.5. The number of carbonyl (C=O) groups is 2. The van der Waals surface area contributed by atoms with Crippen LogP contribution in [0.1, 0.15) is 40.4 Å². The Morgan fingerprint density at radius 2 is 1.77 bits per heavy atom. The van der Waals surface area contributed by atoms with Crippen LogP contribution in [0.4, 0.5) is 17.1 Å². The first-order chi connectivity index (χ1) is 14.5. The number of imidazole rings is 1. The lowest BCUT2D eigenvalue weighted by Gasteiger charge is -2.36. The zero-order valence-corrected chi connectivity index (χ0v) is 17.4. The molecule has 0 unspecified atom stereocenters. The van der Waals surface area contributed by atoms with E-state index in [-0.39, 0.29) is 17.4 Å². The van der Waals surface area contributed by atoms with Crippen molar-refractivity contribution in [2.75, 3.05) is 61.4 Å². The molecule has 4 rings (SSSR count). The van der Waals surface area contributed by atoms with Gasteiger partial charge in [0, 0.05) is 45.0 Å². The second kappa shape index (κ2) is 8.74. The van der Waals surface area contributed by atoms with Crippen molar-refractivity contribution in [2.45, 2.75) is 19.3 Å². The number of carbonyl (C=O) groups excluding carboxylic acids is 2. The molecule has 0 spiro atoms. The first-order valence-electron chi connectivity index (χ1n) is 10.5. The fourth-order valence-corrected chi connectivity index (χ4v) is 4.03. The normalized spacial score (nSPS) is 17.8. The first kappa shape index (κ1) is 20.2. The molecule has 0 radical (unpaired) electrons. The Morgan fingerprint density at radius 1 is 1.03 bits per heavy atom. The van der Waals surface area contributed by atoms with Gasteiger partial charge in [0.25, 0.3) is 11.8 Å². The van der Waals surface area contributed by atoms with E-state index in [1.807, 2.05) is 6.07 Å². The number of aromatic amines is 1. The molecule has 0 aliphatic carbocycles. The third-order valence-electron chi connectivity index (χ3n) is 5.85. The number of nitrogens with one attached hydrogen (secondary N) is 2. The van der Waals surface area contributed by atoms with Gasteiger partial charge in [-0.1, -0.05) is 0 Å². The SMILES string of the molecule is CN1CCN(c2ccc(NC(=O)c3cnc(C(N)=O)[nH]3)c(N3CCCCC3)c2)CC1. The smallest absolute Gasteiger partial charge is 0.284 e. The number of aromatic nitrogens is 2. The molecule has 2 fully saturated rings. The lowest BCUT2D eigenvalue weighted by molar-refractivity contribution is 0.0991. The Hall–Kier alpha value is -3.07. The maximum absolute atomic E-state index is 12.7. The topological polar surface area (TPSA) is 111 Å². The van der Waals surface area contributed by atoms with Gasteiger partial charge in [-0.3, -0.25) is 9.59 Å². The van der Waals surface area contributed by atoms with Gasteiger partial charge < -0.3 is 30.7 Å². The summed E-state index contributed by atoms with van der Waals surface area (Å²) in [5.74, 6) is -1.07. The molecule has 9 heteroatoms. The molecule has 2 aliphatic heterocycles. The molecule has 1 aromatic heterocycles. The number of hydrogen-bond donors (Lipinski definition) is 3. The fraction of sp³-hybridized carbons (Fsp3) is 0.476. The van der Waals surface area contributed by atoms with E-state index >= 15 is 0 Å². The van der Waals surface area contributed by atoms with E-state index in [1.54, 1.807) is 0 Å². The summed E-state index contributed by atoms with van der Waals surface area (Å²) >= 11 is 0. The van der Waals surface area contributed by atoms with Gasteiger partial charge in [-0.2, -0.15) is 0 Å². The number of likely N-dealkylation sites (N-methyl/N-ethyl adjacent to an activating group) is 1. The number of piperidine rings is 1. The van der Waals surface area contributed by atoms with E-state index in [9.17, 15) is 9.59 Å². The van der Waals surface area contributed by atoms with E-state index in [2.05, 4.69) is 49.2 Å². The van der Waals surface area contributed by atoms with Crippen molar-refractivity contribution in [3.8, 4) is 0 Å². The van der Waals surface area contributed by atoms with Gasteiger partial charge in [0.15, 0.2) is 5.82 Å². The predicted octanol–water partition coefficient (Wildman–Crippen LogP) is 1.50. The van der Waals surface area contributed by atoms with Crippen LogP contribution >= 0.6 is 0 Å². The van der Waals surface area contributed by atoms with E-state index < -0.39 is 5.91 Å². The quantitative estimate of drug-likeness (QED) is 0.688. The molecule has 4 N–H and O–H groups in total. The average Bonchev–Trinajstić information content (AvgIpc) is 3.26. The Balaban J connectivity index is 1.58. The van der Waals surface area contributed by atoms with Crippen LogP contribution in [-0.2, 0) is 0 Å². The van der Waals surface area contributed by atoms with Gasteiger partial charge in [0.1, 0.15) is 5.69 Å². The molecule has 2 saturated heterocycles. The molecule has 3 heterocycles. The van der Waals surface area contributed by atoms with Crippen molar-refractivity contribution in [2.24, 2.45) is 5.73 Å². The van der Waals surface area contributed by atoms with Crippen molar-refractivity contribution >= 4 is 28.9 Å². The van der Waals surface area contributed by atoms with E-state index in [4.69, 9.17) is 5.73 Å². The van der Waals surface area contributed by atoms with E-state index in [0.717, 1.165) is 63.5 Å². The van der Waals surface area contributed by atoms with Gasteiger partial charge in [0.2, 0.25) is 0 Å². The molecule has 2 aromatic rings. The minimum absolute atomic E-state index is 0.0261. The van der Waals surface area contributed by atoms with Gasteiger partial charge in [-0.05, 0) is 44.5 Å². The van der Waals surface area contributed by atoms with Crippen LogP contribution in [-0.4, -0.2) is 73.0 Å². The Morgan fingerprint density at radius 3 is 2.43 bits per heavy atom. The summed E-state index contributed by atoms with van der Waals surface area (Å²) in [4.78, 5) is 37.6. The number of nitrogens with two attached hydrogens (primary N) is 1. The lowest BCUT2D eigenvalue weighted by Crippen LogP contribution is -2.44. The van der Waals surface area contributed by atoms with Crippen LogP contribution in [0.5, 0.6) is 0 Å². The van der Waals surface area contributed by atoms with Crippen LogP contribution in [0.25, 0.3) is 0 Å². The maximum Gasteiger partial charge on any atom is 0.284 e. The zero-order valence-electron chi connectivity index (χ0n) is 17.4. The molecular formula is C21H29N7O2. The summed E-state index contributed by atoms with van der Waals surface area (Å²) in [6, 6.07) is 6.23. The Kier molecular flexibility index (Phi) is 5.89. The zero-order chi connectivity index (χ0) is 21.1. The maximum atomic E-state index is 12.7. The molecule has 2 aliphatic rings. The van der Waals surface area contributed by atoms with Crippen LogP contribution in [0.3, 0.4) is 0 Å². The Bertz CT molecular complexity index is 912. The number of anilines is 3. The van der Waals surface area contributed by atoms with Gasteiger partial charge in [-0.15, -0.1) is 0 Å². The Labute approximate surface area is 176 Å². The summed E-state index contributed by atoms with van der Waals surface area (Å²) < 4.78 is 0. The number of primary amides is 1. The monoisotopic (exact) mass is 411 g/mol. The highest BCUT2D eigenvalue weighted by atomic mass is 16.2. The molecule has 2 amide bonds.